The summed E-state index contributed by atoms with van der Waals surface area (Å²) in [4.78, 5) is 29.4. The Hall–Kier alpha value is -1.56. The molecule has 1 rings (SSSR count). The number of thioether (sulfide) groups is 1. The number of rotatable bonds is 6. The Bertz CT molecular complexity index is 451. The molecule has 0 unspecified atom stereocenters. The standard InChI is InChI=1S/C13H18N2O3S/c1-4-15(9-11(16)18-5-2)13(17)10-7-6-8-14-12(10)19-3/h6-8H,4-5,9H2,1-3H3. The van der Waals surface area contributed by atoms with E-state index in [0.717, 1.165) is 0 Å². The van der Waals surface area contributed by atoms with Gasteiger partial charge in [-0.05, 0) is 32.2 Å². The molecular formula is C13H18N2O3S. The molecule has 0 bridgehead atoms. The van der Waals surface area contributed by atoms with Crippen molar-refractivity contribution in [2.24, 2.45) is 0 Å². The van der Waals surface area contributed by atoms with E-state index in [1.807, 2.05) is 13.2 Å². The van der Waals surface area contributed by atoms with Gasteiger partial charge in [-0.15, -0.1) is 11.8 Å². The lowest BCUT2D eigenvalue weighted by Crippen LogP contribution is -2.36. The summed E-state index contributed by atoms with van der Waals surface area (Å²) < 4.78 is 4.86. The summed E-state index contributed by atoms with van der Waals surface area (Å²) >= 11 is 1.41. The zero-order chi connectivity index (χ0) is 14.3. The van der Waals surface area contributed by atoms with E-state index >= 15 is 0 Å². The summed E-state index contributed by atoms with van der Waals surface area (Å²) in [5.41, 5.74) is 0.515. The molecule has 0 spiro atoms. The summed E-state index contributed by atoms with van der Waals surface area (Å²) in [7, 11) is 0. The maximum atomic E-state index is 12.4. The van der Waals surface area contributed by atoms with Gasteiger partial charge < -0.3 is 9.64 Å². The van der Waals surface area contributed by atoms with Gasteiger partial charge in [0.15, 0.2) is 0 Å². The van der Waals surface area contributed by atoms with Crippen molar-refractivity contribution in [3.63, 3.8) is 0 Å². The zero-order valence-corrected chi connectivity index (χ0v) is 12.2. The molecule has 1 aromatic rings. The average molecular weight is 282 g/mol. The van der Waals surface area contributed by atoms with Gasteiger partial charge in [0.05, 0.1) is 12.2 Å². The van der Waals surface area contributed by atoms with Crippen LogP contribution in [-0.2, 0) is 9.53 Å². The molecule has 5 nitrogen and oxygen atoms in total. The van der Waals surface area contributed by atoms with Crippen molar-refractivity contribution in [3.8, 4) is 0 Å². The Labute approximate surface area is 117 Å². The number of nitrogens with zero attached hydrogens (tertiary/aromatic N) is 2. The molecule has 0 saturated carbocycles. The predicted molar refractivity (Wildman–Crippen MR) is 74.2 cm³/mol. The molecule has 104 valence electrons. The third kappa shape index (κ3) is 4.24. The normalized spacial score (nSPS) is 10.1. The van der Waals surface area contributed by atoms with Crippen LogP contribution < -0.4 is 0 Å². The minimum atomic E-state index is -0.396. The molecule has 0 saturated heterocycles. The van der Waals surface area contributed by atoms with Crippen LogP contribution in [0.2, 0.25) is 0 Å². The van der Waals surface area contributed by atoms with Gasteiger partial charge in [-0.2, -0.15) is 0 Å². The molecule has 0 fully saturated rings. The van der Waals surface area contributed by atoms with Crippen molar-refractivity contribution in [1.82, 2.24) is 9.88 Å². The number of pyridine rings is 1. The maximum Gasteiger partial charge on any atom is 0.325 e. The van der Waals surface area contributed by atoms with E-state index in [1.165, 1.54) is 16.7 Å². The van der Waals surface area contributed by atoms with Crippen molar-refractivity contribution < 1.29 is 14.3 Å². The number of likely N-dealkylation sites (N-methyl/N-ethyl adjacent to an activating group) is 1. The van der Waals surface area contributed by atoms with Crippen LogP contribution >= 0.6 is 11.8 Å². The molecule has 1 amide bonds. The first-order valence-corrected chi connectivity index (χ1v) is 7.30. The van der Waals surface area contributed by atoms with E-state index in [0.29, 0.717) is 23.7 Å². The Morgan fingerprint density at radius 1 is 1.42 bits per heavy atom. The average Bonchev–Trinajstić information content (AvgIpc) is 2.44. The van der Waals surface area contributed by atoms with Crippen molar-refractivity contribution in [1.29, 1.82) is 0 Å². The van der Waals surface area contributed by atoms with Crippen molar-refractivity contribution in [2.75, 3.05) is 26.0 Å². The van der Waals surface area contributed by atoms with Gasteiger partial charge in [0.2, 0.25) is 0 Å². The highest BCUT2D eigenvalue weighted by Crippen LogP contribution is 2.18. The number of hydrogen-bond acceptors (Lipinski definition) is 5. The maximum absolute atomic E-state index is 12.4. The van der Waals surface area contributed by atoms with Gasteiger partial charge in [0, 0.05) is 12.7 Å². The number of hydrogen-bond donors (Lipinski definition) is 0. The fourth-order valence-electron chi connectivity index (χ4n) is 1.58. The quantitative estimate of drug-likeness (QED) is 0.588. The number of amides is 1. The van der Waals surface area contributed by atoms with Crippen LogP contribution in [0.5, 0.6) is 0 Å². The second-order valence-electron chi connectivity index (χ2n) is 3.68. The number of carbonyl (C=O) groups is 2. The first-order valence-electron chi connectivity index (χ1n) is 6.07. The van der Waals surface area contributed by atoms with Crippen molar-refractivity contribution in [3.05, 3.63) is 23.9 Å². The third-order valence-electron chi connectivity index (χ3n) is 2.49. The molecular weight excluding hydrogens is 264 g/mol. The molecule has 6 heteroatoms. The van der Waals surface area contributed by atoms with Crippen LogP contribution in [0.25, 0.3) is 0 Å². The highest BCUT2D eigenvalue weighted by molar-refractivity contribution is 7.98. The Kier molecular flexibility index (Phi) is 6.35. The van der Waals surface area contributed by atoms with Gasteiger partial charge >= 0.3 is 5.97 Å². The van der Waals surface area contributed by atoms with E-state index in [2.05, 4.69) is 4.98 Å². The summed E-state index contributed by atoms with van der Waals surface area (Å²) in [6.07, 6.45) is 3.50. The molecule has 0 radical (unpaired) electrons. The lowest BCUT2D eigenvalue weighted by molar-refractivity contribution is -0.143. The van der Waals surface area contributed by atoms with E-state index < -0.39 is 5.97 Å². The van der Waals surface area contributed by atoms with Gasteiger partial charge in [0.25, 0.3) is 5.91 Å². The fraction of sp³-hybridized carbons (Fsp3) is 0.462. The van der Waals surface area contributed by atoms with Crippen LogP contribution in [0.4, 0.5) is 0 Å². The Morgan fingerprint density at radius 2 is 2.16 bits per heavy atom. The molecule has 0 N–H and O–H groups in total. The minimum absolute atomic E-state index is 0.0358. The van der Waals surface area contributed by atoms with Crippen molar-refractivity contribution in [2.45, 2.75) is 18.9 Å². The summed E-state index contributed by atoms with van der Waals surface area (Å²) in [5, 5.41) is 0.662. The molecule has 0 aliphatic heterocycles. The van der Waals surface area contributed by atoms with Crippen molar-refractivity contribution >= 4 is 23.6 Å². The monoisotopic (exact) mass is 282 g/mol. The van der Waals surface area contributed by atoms with Gasteiger partial charge in [-0.1, -0.05) is 0 Å². The van der Waals surface area contributed by atoms with Gasteiger partial charge in [0.1, 0.15) is 11.6 Å². The molecule has 0 atom stereocenters. The second kappa shape index (κ2) is 7.78. The van der Waals surface area contributed by atoms with Gasteiger partial charge in [-0.25, -0.2) is 4.98 Å². The number of esters is 1. The third-order valence-corrected chi connectivity index (χ3v) is 3.20. The molecule has 1 aromatic heterocycles. The summed E-state index contributed by atoms with van der Waals surface area (Å²) in [6.45, 7) is 4.29. The van der Waals surface area contributed by atoms with Crippen LogP contribution in [0.1, 0.15) is 24.2 Å². The molecule has 1 heterocycles. The topological polar surface area (TPSA) is 59.5 Å². The first-order chi connectivity index (χ1) is 9.13. The summed E-state index contributed by atoms with van der Waals surface area (Å²) in [5.74, 6) is -0.597. The Morgan fingerprint density at radius 3 is 2.74 bits per heavy atom. The molecule has 0 aliphatic carbocycles. The smallest absolute Gasteiger partial charge is 0.325 e. The SMILES string of the molecule is CCOC(=O)CN(CC)C(=O)c1cccnc1SC. The fourth-order valence-corrected chi connectivity index (χ4v) is 2.12. The van der Waals surface area contributed by atoms with Crippen LogP contribution in [-0.4, -0.2) is 47.7 Å². The molecule has 19 heavy (non-hydrogen) atoms. The van der Waals surface area contributed by atoms with E-state index in [4.69, 9.17) is 4.74 Å². The first kappa shape index (κ1) is 15.5. The van der Waals surface area contributed by atoms with Crippen LogP contribution in [0, 0.1) is 0 Å². The lowest BCUT2D eigenvalue weighted by atomic mass is 10.2. The largest absolute Gasteiger partial charge is 0.465 e. The highest BCUT2D eigenvalue weighted by atomic mass is 32.2. The second-order valence-corrected chi connectivity index (χ2v) is 4.48. The predicted octanol–water partition coefficient (Wildman–Crippen LogP) is 1.83. The van der Waals surface area contributed by atoms with Gasteiger partial charge in [-0.3, -0.25) is 9.59 Å². The lowest BCUT2D eigenvalue weighted by Gasteiger charge is -2.20. The highest BCUT2D eigenvalue weighted by Gasteiger charge is 2.20. The van der Waals surface area contributed by atoms with E-state index in [9.17, 15) is 9.59 Å². The molecule has 0 aliphatic rings. The summed E-state index contributed by atoms with van der Waals surface area (Å²) in [6, 6.07) is 3.43. The van der Waals surface area contributed by atoms with E-state index in [1.54, 1.807) is 25.3 Å². The van der Waals surface area contributed by atoms with E-state index in [-0.39, 0.29) is 12.5 Å². The number of carbonyl (C=O) groups excluding carboxylic acids is 2. The Balaban J connectivity index is 2.86. The number of ether oxygens (including phenoxy) is 1. The minimum Gasteiger partial charge on any atom is -0.465 e. The zero-order valence-electron chi connectivity index (χ0n) is 11.4. The van der Waals surface area contributed by atoms with Crippen LogP contribution in [0.3, 0.4) is 0 Å². The van der Waals surface area contributed by atoms with Crippen LogP contribution in [0.15, 0.2) is 23.4 Å². The number of aromatic nitrogens is 1. The molecule has 0 aromatic carbocycles.